The number of nitrogens with zero attached hydrogens (tertiary/aromatic N) is 1. The van der Waals surface area contributed by atoms with Crippen molar-refractivity contribution in [2.45, 2.75) is 13.1 Å². The number of hydrogen-bond acceptors (Lipinski definition) is 4. The van der Waals surface area contributed by atoms with Gasteiger partial charge in [0.15, 0.2) is 0 Å². The van der Waals surface area contributed by atoms with E-state index in [0.717, 1.165) is 30.1 Å². The Bertz CT molecular complexity index is 497. The average Bonchev–Trinajstić information content (AvgIpc) is 2.84. The highest BCUT2D eigenvalue weighted by molar-refractivity contribution is 7.07. The summed E-state index contributed by atoms with van der Waals surface area (Å²) in [6.45, 7) is 1.78. The van der Waals surface area contributed by atoms with Gasteiger partial charge in [-0.25, -0.2) is 0 Å². The molecule has 0 fully saturated rings. The quantitative estimate of drug-likeness (QED) is 0.842. The van der Waals surface area contributed by atoms with Gasteiger partial charge >= 0.3 is 0 Å². The Hall–Kier alpha value is -1.52. The van der Waals surface area contributed by atoms with Gasteiger partial charge in [0.2, 0.25) is 0 Å². The van der Waals surface area contributed by atoms with Gasteiger partial charge in [-0.05, 0) is 41.1 Å². The molecule has 0 bridgehead atoms. The number of benzene rings is 1. The Morgan fingerprint density at radius 3 is 2.72 bits per heavy atom. The second kappa shape index (κ2) is 5.89. The zero-order chi connectivity index (χ0) is 13.0. The van der Waals surface area contributed by atoms with Gasteiger partial charge in [0, 0.05) is 24.8 Å². The van der Waals surface area contributed by atoms with Crippen molar-refractivity contribution < 1.29 is 4.74 Å². The fraction of sp³-hybridized carbons (Fsp3) is 0.286. The third kappa shape index (κ3) is 3.24. The molecule has 96 valence electrons. The van der Waals surface area contributed by atoms with Crippen LogP contribution in [0.25, 0.3) is 0 Å². The van der Waals surface area contributed by atoms with E-state index in [2.05, 4.69) is 28.8 Å². The maximum absolute atomic E-state index is 6.01. The molecule has 2 rings (SSSR count). The lowest BCUT2D eigenvalue weighted by Crippen LogP contribution is -2.17. The summed E-state index contributed by atoms with van der Waals surface area (Å²) < 4.78 is 5.15. The molecule has 0 saturated carbocycles. The van der Waals surface area contributed by atoms with Crippen molar-refractivity contribution in [3.63, 3.8) is 0 Å². The van der Waals surface area contributed by atoms with Crippen LogP contribution in [0.2, 0.25) is 0 Å². The first kappa shape index (κ1) is 12.9. The van der Waals surface area contributed by atoms with Crippen LogP contribution in [0.3, 0.4) is 0 Å². The summed E-state index contributed by atoms with van der Waals surface area (Å²) in [5, 5.41) is 4.28. The number of nitrogen functional groups attached to an aromatic ring is 1. The number of ether oxygens (including phenoxy) is 1. The third-order valence-electron chi connectivity index (χ3n) is 2.83. The summed E-state index contributed by atoms with van der Waals surface area (Å²) in [4.78, 5) is 2.25. The van der Waals surface area contributed by atoms with Gasteiger partial charge in [0.25, 0.3) is 0 Å². The standard InChI is InChI=1S/C14H18N2OS/c1-16(8-11-5-6-18-10-11)9-12-3-4-13(17-2)7-14(12)15/h3-7,10H,8-9,15H2,1-2H3. The first-order valence-electron chi connectivity index (χ1n) is 5.81. The van der Waals surface area contributed by atoms with E-state index in [0.29, 0.717) is 0 Å². The van der Waals surface area contributed by atoms with Gasteiger partial charge in [-0.3, -0.25) is 4.90 Å². The topological polar surface area (TPSA) is 38.5 Å². The highest BCUT2D eigenvalue weighted by Crippen LogP contribution is 2.21. The number of nitrogens with two attached hydrogens (primary N) is 1. The summed E-state index contributed by atoms with van der Waals surface area (Å²) >= 11 is 1.73. The molecular weight excluding hydrogens is 244 g/mol. The van der Waals surface area contributed by atoms with E-state index in [4.69, 9.17) is 10.5 Å². The number of anilines is 1. The summed E-state index contributed by atoms with van der Waals surface area (Å²) in [5.41, 5.74) is 9.27. The molecule has 0 saturated heterocycles. The van der Waals surface area contributed by atoms with Gasteiger partial charge in [-0.15, -0.1) is 0 Å². The van der Waals surface area contributed by atoms with E-state index in [1.54, 1.807) is 18.4 Å². The molecule has 3 nitrogen and oxygen atoms in total. The molecule has 0 atom stereocenters. The van der Waals surface area contributed by atoms with E-state index >= 15 is 0 Å². The van der Waals surface area contributed by atoms with Crippen molar-refractivity contribution in [1.29, 1.82) is 0 Å². The number of hydrogen-bond donors (Lipinski definition) is 1. The zero-order valence-electron chi connectivity index (χ0n) is 10.7. The molecule has 0 aliphatic heterocycles. The molecular formula is C14H18N2OS. The summed E-state index contributed by atoms with van der Waals surface area (Å²) in [7, 11) is 3.75. The third-order valence-corrected chi connectivity index (χ3v) is 3.56. The summed E-state index contributed by atoms with van der Waals surface area (Å²) in [5.74, 6) is 0.803. The van der Waals surface area contributed by atoms with Crippen molar-refractivity contribution in [1.82, 2.24) is 4.90 Å². The smallest absolute Gasteiger partial charge is 0.120 e. The molecule has 18 heavy (non-hydrogen) atoms. The Balaban J connectivity index is 2.00. The van der Waals surface area contributed by atoms with Crippen molar-refractivity contribution in [3.05, 3.63) is 46.2 Å². The van der Waals surface area contributed by atoms with Gasteiger partial charge in [0.05, 0.1) is 7.11 Å². The molecule has 2 N–H and O–H groups in total. The van der Waals surface area contributed by atoms with Crippen LogP contribution in [0, 0.1) is 0 Å². The molecule has 1 heterocycles. The number of methoxy groups -OCH3 is 1. The van der Waals surface area contributed by atoms with Gasteiger partial charge < -0.3 is 10.5 Å². The van der Waals surface area contributed by atoms with Crippen molar-refractivity contribution in [2.75, 3.05) is 19.9 Å². The molecule has 4 heteroatoms. The van der Waals surface area contributed by atoms with Crippen LogP contribution in [-0.4, -0.2) is 19.1 Å². The molecule has 1 aromatic heterocycles. The largest absolute Gasteiger partial charge is 0.497 e. The fourth-order valence-corrected chi connectivity index (χ4v) is 2.54. The van der Waals surface area contributed by atoms with Crippen molar-refractivity contribution >= 4 is 17.0 Å². The van der Waals surface area contributed by atoms with Gasteiger partial charge in [0.1, 0.15) is 5.75 Å². The lowest BCUT2D eigenvalue weighted by Gasteiger charge is -2.17. The minimum Gasteiger partial charge on any atom is -0.497 e. The first-order chi connectivity index (χ1) is 8.69. The predicted molar refractivity (Wildman–Crippen MR) is 76.9 cm³/mol. The molecule has 0 aliphatic rings. The molecule has 0 radical (unpaired) electrons. The molecule has 0 amide bonds. The van der Waals surface area contributed by atoms with E-state index < -0.39 is 0 Å². The van der Waals surface area contributed by atoms with E-state index in [-0.39, 0.29) is 0 Å². The van der Waals surface area contributed by atoms with Crippen LogP contribution in [-0.2, 0) is 13.1 Å². The Kier molecular flexibility index (Phi) is 4.23. The average molecular weight is 262 g/mol. The van der Waals surface area contributed by atoms with Crippen LogP contribution < -0.4 is 10.5 Å². The predicted octanol–water partition coefficient (Wildman–Crippen LogP) is 2.97. The molecule has 0 spiro atoms. The molecule has 2 aromatic rings. The van der Waals surface area contributed by atoms with Gasteiger partial charge in [-0.2, -0.15) is 11.3 Å². The van der Waals surface area contributed by atoms with Crippen molar-refractivity contribution in [2.24, 2.45) is 0 Å². The fourth-order valence-electron chi connectivity index (χ4n) is 1.88. The Labute approximate surface area is 112 Å². The van der Waals surface area contributed by atoms with Crippen molar-refractivity contribution in [3.8, 4) is 5.75 Å². The molecule has 0 unspecified atom stereocenters. The van der Waals surface area contributed by atoms with E-state index in [1.807, 2.05) is 18.2 Å². The van der Waals surface area contributed by atoms with Crippen LogP contribution in [0.15, 0.2) is 35.0 Å². The lowest BCUT2D eigenvalue weighted by molar-refractivity contribution is 0.320. The SMILES string of the molecule is COc1ccc(CN(C)Cc2ccsc2)c(N)c1. The molecule has 1 aromatic carbocycles. The Morgan fingerprint density at radius 1 is 1.28 bits per heavy atom. The highest BCUT2D eigenvalue weighted by Gasteiger charge is 2.06. The van der Waals surface area contributed by atoms with Crippen LogP contribution >= 0.6 is 11.3 Å². The minimum absolute atomic E-state index is 0.784. The minimum atomic E-state index is 0.784. The van der Waals surface area contributed by atoms with E-state index in [1.165, 1.54) is 5.56 Å². The maximum atomic E-state index is 6.01. The Morgan fingerprint density at radius 2 is 2.11 bits per heavy atom. The van der Waals surface area contributed by atoms with Crippen LogP contribution in [0.1, 0.15) is 11.1 Å². The maximum Gasteiger partial charge on any atom is 0.120 e. The number of thiophene rings is 1. The number of rotatable bonds is 5. The summed E-state index contributed by atoms with van der Waals surface area (Å²) in [6.07, 6.45) is 0. The monoisotopic (exact) mass is 262 g/mol. The zero-order valence-corrected chi connectivity index (χ0v) is 11.5. The normalized spacial score (nSPS) is 10.8. The van der Waals surface area contributed by atoms with Crippen LogP contribution in [0.5, 0.6) is 5.75 Å². The summed E-state index contributed by atoms with van der Waals surface area (Å²) in [6, 6.07) is 7.99. The van der Waals surface area contributed by atoms with Crippen LogP contribution in [0.4, 0.5) is 5.69 Å². The second-order valence-corrected chi connectivity index (χ2v) is 5.15. The second-order valence-electron chi connectivity index (χ2n) is 4.37. The highest BCUT2D eigenvalue weighted by atomic mass is 32.1. The lowest BCUT2D eigenvalue weighted by atomic mass is 10.1. The molecule has 0 aliphatic carbocycles. The first-order valence-corrected chi connectivity index (χ1v) is 6.75. The van der Waals surface area contributed by atoms with Gasteiger partial charge in [-0.1, -0.05) is 6.07 Å². The van der Waals surface area contributed by atoms with E-state index in [9.17, 15) is 0 Å².